The van der Waals surface area contributed by atoms with E-state index in [9.17, 15) is 18.0 Å². The highest BCUT2D eigenvalue weighted by molar-refractivity contribution is 5.67. The summed E-state index contributed by atoms with van der Waals surface area (Å²) in [5.74, 6) is -1.42. The summed E-state index contributed by atoms with van der Waals surface area (Å²) < 4.78 is 43.4. The molecule has 1 aliphatic heterocycles. The van der Waals surface area contributed by atoms with Crippen LogP contribution in [-0.4, -0.2) is 37.0 Å². The Morgan fingerprint density at radius 3 is 2.53 bits per heavy atom. The van der Waals surface area contributed by atoms with E-state index in [-0.39, 0.29) is 13.0 Å². The fraction of sp³-hybridized carbons (Fsp3) is 0.917. The summed E-state index contributed by atoms with van der Waals surface area (Å²) in [4.78, 5) is 11.4. The lowest BCUT2D eigenvalue weighted by molar-refractivity contribution is -0.187. The molecule has 7 heteroatoms. The Balaban J connectivity index is 2.48. The highest BCUT2D eigenvalue weighted by Gasteiger charge is 2.45. The molecule has 0 saturated carbocycles. The predicted octanol–water partition coefficient (Wildman–Crippen LogP) is 2.44. The monoisotopic (exact) mass is 282 g/mol. The number of nitrogens with one attached hydrogen (secondary N) is 2. The number of halogens is 3. The van der Waals surface area contributed by atoms with Gasteiger partial charge in [0.05, 0.1) is 5.92 Å². The summed E-state index contributed by atoms with van der Waals surface area (Å²) in [6.45, 7) is 5.55. The number of rotatable bonds is 2. The smallest absolute Gasteiger partial charge is 0.407 e. The van der Waals surface area contributed by atoms with Gasteiger partial charge >= 0.3 is 12.3 Å². The Bertz CT molecular complexity index is 313. The molecule has 4 nitrogen and oxygen atoms in total. The second kappa shape index (κ2) is 5.98. The number of alkyl carbamates (subject to hydrolysis) is 1. The van der Waals surface area contributed by atoms with Crippen molar-refractivity contribution in [2.45, 2.75) is 51.4 Å². The third-order valence-electron chi connectivity index (χ3n) is 2.87. The quantitative estimate of drug-likeness (QED) is 0.818. The summed E-state index contributed by atoms with van der Waals surface area (Å²) in [5.41, 5.74) is -0.659. The molecular formula is C12H21F3N2O2. The number of carbonyl (C=O) groups is 1. The number of hydrogen-bond acceptors (Lipinski definition) is 3. The van der Waals surface area contributed by atoms with Gasteiger partial charge in [-0.25, -0.2) is 4.79 Å². The van der Waals surface area contributed by atoms with Crippen molar-refractivity contribution >= 4 is 6.09 Å². The Morgan fingerprint density at radius 2 is 2.00 bits per heavy atom. The number of carbonyl (C=O) groups excluding carboxylic acids is 1. The van der Waals surface area contributed by atoms with E-state index in [0.717, 1.165) is 0 Å². The van der Waals surface area contributed by atoms with E-state index < -0.39 is 29.8 Å². The van der Waals surface area contributed by atoms with Crippen molar-refractivity contribution in [2.75, 3.05) is 13.1 Å². The van der Waals surface area contributed by atoms with Crippen LogP contribution in [0.1, 0.15) is 33.6 Å². The Kier molecular flexibility index (Phi) is 5.06. The van der Waals surface area contributed by atoms with Gasteiger partial charge in [-0.15, -0.1) is 0 Å². The summed E-state index contributed by atoms with van der Waals surface area (Å²) in [6, 6.07) is -0.790. The van der Waals surface area contributed by atoms with E-state index in [4.69, 9.17) is 4.74 Å². The van der Waals surface area contributed by atoms with Crippen LogP contribution in [0.25, 0.3) is 0 Å². The van der Waals surface area contributed by atoms with E-state index in [1.165, 1.54) is 0 Å². The van der Waals surface area contributed by atoms with E-state index in [2.05, 4.69) is 10.6 Å². The van der Waals surface area contributed by atoms with Gasteiger partial charge in [-0.2, -0.15) is 13.2 Å². The first-order valence-corrected chi connectivity index (χ1v) is 6.36. The molecule has 112 valence electrons. The van der Waals surface area contributed by atoms with Crippen LogP contribution in [-0.2, 0) is 4.74 Å². The molecule has 1 saturated heterocycles. The summed E-state index contributed by atoms with van der Waals surface area (Å²) >= 11 is 0. The first-order chi connectivity index (χ1) is 8.59. The van der Waals surface area contributed by atoms with E-state index in [0.29, 0.717) is 13.0 Å². The van der Waals surface area contributed by atoms with Gasteiger partial charge in [0.2, 0.25) is 0 Å². The molecule has 0 aliphatic carbocycles. The van der Waals surface area contributed by atoms with Gasteiger partial charge in [0.25, 0.3) is 0 Å². The maximum Gasteiger partial charge on any atom is 0.407 e. The molecular weight excluding hydrogens is 261 g/mol. The van der Waals surface area contributed by atoms with Crippen LogP contribution in [0.15, 0.2) is 0 Å². The van der Waals surface area contributed by atoms with Crippen LogP contribution in [0.4, 0.5) is 18.0 Å². The molecule has 0 unspecified atom stereocenters. The third kappa shape index (κ3) is 5.67. The lowest BCUT2D eigenvalue weighted by Crippen LogP contribution is -2.53. The lowest BCUT2D eigenvalue weighted by Gasteiger charge is -2.34. The van der Waals surface area contributed by atoms with Crippen molar-refractivity contribution in [3.05, 3.63) is 0 Å². The number of amides is 1. The molecule has 0 aromatic heterocycles. The Morgan fingerprint density at radius 1 is 1.37 bits per heavy atom. The van der Waals surface area contributed by atoms with Crippen molar-refractivity contribution in [2.24, 2.45) is 5.92 Å². The number of alkyl halides is 3. The van der Waals surface area contributed by atoms with Crippen molar-refractivity contribution in [3.8, 4) is 0 Å². The zero-order valence-corrected chi connectivity index (χ0v) is 11.4. The second-order valence-electron chi connectivity index (χ2n) is 5.73. The fourth-order valence-corrected chi connectivity index (χ4v) is 2.07. The zero-order valence-electron chi connectivity index (χ0n) is 11.4. The van der Waals surface area contributed by atoms with Crippen molar-refractivity contribution < 1.29 is 22.7 Å². The van der Waals surface area contributed by atoms with Gasteiger partial charge in [0, 0.05) is 12.6 Å². The maximum absolute atomic E-state index is 12.8. The topological polar surface area (TPSA) is 50.4 Å². The predicted molar refractivity (Wildman–Crippen MR) is 64.8 cm³/mol. The molecule has 2 N–H and O–H groups in total. The van der Waals surface area contributed by atoms with Gasteiger partial charge in [-0.3, -0.25) is 0 Å². The average Bonchev–Trinajstić information content (AvgIpc) is 2.23. The Hall–Kier alpha value is -0.980. The molecule has 0 spiro atoms. The molecule has 1 rings (SSSR count). The van der Waals surface area contributed by atoms with Crippen molar-refractivity contribution in [1.82, 2.24) is 10.6 Å². The molecule has 1 aliphatic rings. The molecule has 0 bridgehead atoms. The normalized spacial score (nSPS) is 24.9. The van der Waals surface area contributed by atoms with Crippen LogP contribution in [0.5, 0.6) is 0 Å². The van der Waals surface area contributed by atoms with Gasteiger partial charge < -0.3 is 15.4 Å². The number of ether oxygens (including phenoxy) is 1. The van der Waals surface area contributed by atoms with Crippen LogP contribution < -0.4 is 10.6 Å². The van der Waals surface area contributed by atoms with E-state index in [1.807, 2.05) is 0 Å². The van der Waals surface area contributed by atoms with Crippen LogP contribution in [0.3, 0.4) is 0 Å². The number of piperidine rings is 1. The summed E-state index contributed by atoms with van der Waals surface area (Å²) in [7, 11) is 0. The van der Waals surface area contributed by atoms with E-state index in [1.54, 1.807) is 20.8 Å². The molecule has 1 fully saturated rings. The average molecular weight is 282 g/mol. The standard InChI is InChI=1S/C12H21F3N2O2/c1-11(2,3)19-10(18)17-7-9-8(12(13,14)15)5-4-6-16-9/h8-9,16H,4-7H2,1-3H3,(H,17,18)/t8-,9-/m0/s1. The minimum Gasteiger partial charge on any atom is -0.444 e. The summed E-state index contributed by atoms with van der Waals surface area (Å²) in [6.07, 6.45) is -4.35. The lowest BCUT2D eigenvalue weighted by atomic mass is 9.90. The minimum absolute atomic E-state index is 0.0842. The first-order valence-electron chi connectivity index (χ1n) is 6.36. The third-order valence-corrected chi connectivity index (χ3v) is 2.87. The van der Waals surface area contributed by atoms with Gasteiger partial charge in [-0.1, -0.05) is 0 Å². The molecule has 0 aromatic carbocycles. The fourth-order valence-electron chi connectivity index (χ4n) is 2.07. The SMILES string of the molecule is CC(C)(C)OC(=O)NC[C@@H]1NCCC[C@@H]1C(F)(F)F. The van der Waals surface area contributed by atoms with Crippen LogP contribution in [0.2, 0.25) is 0 Å². The van der Waals surface area contributed by atoms with Crippen molar-refractivity contribution in [1.29, 1.82) is 0 Å². The zero-order chi connectivity index (χ0) is 14.7. The molecule has 0 aromatic rings. The highest BCUT2D eigenvalue weighted by Crippen LogP contribution is 2.34. The maximum atomic E-state index is 12.8. The first kappa shape index (κ1) is 16.1. The molecule has 1 amide bonds. The van der Waals surface area contributed by atoms with Crippen LogP contribution >= 0.6 is 0 Å². The second-order valence-corrected chi connectivity index (χ2v) is 5.73. The van der Waals surface area contributed by atoms with Crippen LogP contribution in [0, 0.1) is 5.92 Å². The molecule has 2 atom stereocenters. The largest absolute Gasteiger partial charge is 0.444 e. The molecule has 19 heavy (non-hydrogen) atoms. The van der Waals surface area contributed by atoms with Crippen molar-refractivity contribution in [3.63, 3.8) is 0 Å². The molecule has 0 radical (unpaired) electrons. The van der Waals surface area contributed by atoms with Gasteiger partial charge in [0.15, 0.2) is 0 Å². The highest BCUT2D eigenvalue weighted by atomic mass is 19.4. The van der Waals surface area contributed by atoms with Gasteiger partial charge in [0.1, 0.15) is 5.60 Å². The van der Waals surface area contributed by atoms with E-state index >= 15 is 0 Å². The number of hydrogen-bond donors (Lipinski definition) is 2. The molecule has 1 heterocycles. The van der Waals surface area contributed by atoms with Gasteiger partial charge in [-0.05, 0) is 40.2 Å². The minimum atomic E-state index is -4.24. The Labute approximate surface area is 111 Å². The summed E-state index contributed by atoms with van der Waals surface area (Å²) in [5, 5.41) is 5.19.